The minimum absolute atomic E-state index is 0.521. The summed E-state index contributed by atoms with van der Waals surface area (Å²) in [6.07, 6.45) is 0. The Hall–Kier alpha value is -4.68. The second-order valence-corrected chi connectivity index (χ2v) is 11.5. The van der Waals surface area contributed by atoms with Crippen molar-refractivity contribution in [1.82, 2.24) is 4.57 Å². The molecule has 0 atom stereocenters. The lowest BCUT2D eigenvalue weighted by Crippen LogP contribution is -2.30. The van der Waals surface area contributed by atoms with Gasteiger partial charge in [0.1, 0.15) is 0 Å². The van der Waals surface area contributed by atoms with Crippen molar-refractivity contribution >= 4 is 65.9 Å². The van der Waals surface area contributed by atoms with Gasteiger partial charge in [-0.1, -0.05) is 97.1 Å². The van der Waals surface area contributed by atoms with Crippen LogP contribution in [0.5, 0.6) is 0 Å². The van der Waals surface area contributed by atoms with E-state index < -0.39 is 7.12 Å². The van der Waals surface area contributed by atoms with Gasteiger partial charge in [0.25, 0.3) is 0 Å². The predicted octanol–water partition coefficient (Wildman–Crippen LogP) is 8.17. The summed E-state index contributed by atoms with van der Waals surface area (Å²) in [5.41, 5.74) is 8.27. The zero-order chi connectivity index (χ0) is 27.5. The number of para-hydroxylation sites is 2. The van der Waals surface area contributed by atoms with E-state index in [2.05, 4.69) is 114 Å². The van der Waals surface area contributed by atoms with Gasteiger partial charge in [-0.25, -0.2) is 0 Å². The highest BCUT2D eigenvalue weighted by Gasteiger charge is 2.22. The molecule has 0 spiro atoms. The predicted molar refractivity (Wildman–Crippen MR) is 174 cm³/mol. The first kappa shape index (κ1) is 24.1. The van der Waals surface area contributed by atoms with E-state index in [1.165, 1.54) is 21.9 Å². The summed E-state index contributed by atoms with van der Waals surface area (Å²) in [7, 11) is -1.58. The van der Waals surface area contributed by atoms with Crippen LogP contribution in [0.15, 0.2) is 133 Å². The summed E-state index contributed by atoms with van der Waals surface area (Å²) in [4.78, 5) is 0. The highest BCUT2D eigenvalue weighted by Crippen LogP contribution is 2.39. The minimum atomic E-state index is -1.58. The molecule has 0 amide bonds. The maximum absolute atomic E-state index is 10.5. The van der Waals surface area contributed by atoms with Gasteiger partial charge in [-0.15, -0.1) is 11.3 Å². The molecule has 2 N–H and O–H groups in total. The van der Waals surface area contributed by atoms with Crippen molar-refractivity contribution < 1.29 is 10.0 Å². The molecule has 0 fully saturated rings. The molecule has 3 nitrogen and oxygen atoms in total. The van der Waals surface area contributed by atoms with Gasteiger partial charge in [-0.2, -0.15) is 0 Å². The van der Waals surface area contributed by atoms with Crippen LogP contribution < -0.4 is 5.46 Å². The van der Waals surface area contributed by atoms with Gasteiger partial charge in [0, 0.05) is 42.1 Å². The van der Waals surface area contributed by atoms with Crippen LogP contribution in [0.25, 0.3) is 69.9 Å². The monoisotopic (exact) mass is 545 g/mol. The summed E-state index contributed by atoms with van der Waals surface area (Å²) >= 11 is 1.61. The number of fused-ring (bicyclic) bond motifs is 6. The lowest BCUT2D eigenvalue weighted by Gasteiger charge is -2.11. The normalized spacial score (nSPS) is 11.7. The number of benzene rings is 6. The third-order valence-electron chi connectivity index (χ3n) is 8.01. The second kappa shape index (κ2) is 9.46. The largest absolute Gasteiger partial charge is 0.489 e. The zero-order valence-electron chi connectivity index (χ0n) is 22.0. The molecule has 8 aromatic rings. The third-order valence-corrected chi connectivity index (χ3v) is 9.22. The highest BCUT2D eigenvalue weighted by molar-refractivity contribution is 7.27. The average molecular weight is 545 g/mol. The van der Waals surface area contributed by atoms with E-state index in [1.54, 1.807) is 11.3 Å². The van der Waals surface area contributed by atoms with Gasteiger partial charge in [0.2, 0.25) is 0 Å². The van der Waals surface area contributed by atoms with Crippen molar-refractivity contribution in [1.29, 1.82) is 0 Å². The minimum Gasteiger partial charge on any atom is -0.423 e. The van der Waals surface area contributed by atoms with Crippen LogP contribution in [-0.2, 0) is 0 Å². The molecule has 0 unspecified atom stereocenters. The fourth-order valence-corrected chi connectivity index (χ4v) is 7.35. The molecule has 6 aromatic carbocycles. The van der Waals surface area contributed by atoms with Crippen LogP contribution >= 0.6 is 11.3 Å². The summed E-state index contributed by atoms with van der Waals surface area (Å²) < 4.78 is 4.24. The fraction of sp³-hybridized carbons (Fsp3) is 0. The van der Waals surface area contributed by atoms with Gasteiger partial charge < -0.3 is 14.6 Å². The SMILES string of the molecule is OB(O)c1cc(-n2c3ccccc3c3ccccc32)cc2c1sc1cc(-c3cccc(-c4ccccc4)c3)ccc12. The molecule has 0 radical (unpaired) electrons. The number of nitrogens with zero attached hydrogens (tertiary/aromatic N) is 1. The fourth-order valence-electron chi connectivity index (χ4n) is 6.10. The molecule has 0 aliphatic carbocycles. The molecule has 41 heavy (non-hydrogen) atoms. The Labute approximate surface area is 241 Å². The molecule has 0 saturated heterocycles. The average Bonchev–Trinajstić information content (AvgIpc) is 3.56. The van der Waals surface area contributed by atoms with Crippen LogP contribution in [0.3, 0.4) is 0 Å². The molecule has 8 rings (SSSR count). The van der Waals surface area contributed by atoms with Crippen molar-refractivity contribution in [3.63, 3.8) is 0 Å². The Morgan fingerprint density at radius 2 is 1.10 bits per heavy atom. The first-order chi connectivity index (χ1) is 20.2. The number of aromatic nitrogens is 1. The third kappa shape index (κ3) is 3.90. The first-order valence-corrected chi connectivity index (χ1v) is 14.5. The van der Waals surface area contributed by atoms with Gasteiger partial charge in [0.05, 0.1) is 11.0 Å². The molecule has 2 heterocycles. The van der Waals surface area contributed by atoms with Crippen LogP contribution in [0.2, 0.25) is 0 Å². The molecular formula is C36H24BNO2S. The van der Waals surface area contributed by atoms with Crippen LogP contribution in [-0.4, -0.2) is 21.7 Å². The summed E-state index contributed by atoms with van der Waals surface area (Å²) in [6.45, 7) is 0. The molecule has 194 valence electrons. The van der Waals surface area contributed by atoms with E-state index in [9.17, 15) is 10.0 Å². The Bertz CT molecular complexity index is 2190. The van der Waals surface area contributed by atoms with E-state index in [4.69, 9.17) is 0 Å². The summed E-state index contributed by atoms with van der Waals surface area (Å²) in [5, 5.41) is 25.5. The molecule has 0 bridgehead atoms. The lowest BCUT2D eigenvalue weighted by molar-refractivity contribution is 0.426. The van der Waals surface area contributed by atoms with E-state index >= 15 is 0 Å². The topological polar surface area (TPSA) is 45.4 Å². The number of rotatable bonds is 4. The first-order valence-electron chi connectivity index (χ1n) is 13.7. The zero-order valence-corrected chi connectivity index (χ0v) is 22.8. The number of thiophene rings is 1. The maximum atomic E-state index is 10.5. The van der Waals surface area contributed by atoms with Gasteiger partial charge in [-0.3, -0.25) is 0 Å². The van der Waals surface area contributed by atoms with Gasteiger partial charge in [-0.05, 0) is 58.7 Å². The number of hydrogen-bond donors (Lipinski definition) is 2. The maximum Gasteiger partial charge on any atom is 0.489 e. The van der Waals surface area contributed by atoms with E-state index in [-0.39, 0.29) is 0 Å². The van der Waals surface area contributed by atoms with E-state index in [0.29, 0.717) is 5.46 Å². The molecule has 0 saturated carbocycles. The molecule has 0 aliphatic rings. The molecular weight excluding hydrogens is 521 g/mol. The van der Waals surface area contributed by atoms with Crippen LogP contribution in [0.1, 0.15) is 0 Å². The summed E-state index contributed by atoms with van der Waals surface area (Å²) in [5.74, 6) is 0. The Morgan fingerprint density at radius 3 is 1.80 bits per heavy atom. The molecule has 2 aromatic heterocycles. The second-order valence-electron chi connectivity index (χ2n) is 10.4. The Morgan fingerprint density at radius 1 is 0.488 bits per heavy atom. The van der Waals surface area contributed by atoms with Crippen molar-refractivity contribution in [3.05, 3.63) is 133 Å². The van der Waals surface area contributed by atoms with Gasteiger partial charge >= 0.3 is 7.12 Å². The van der Waals surface area contributed by atoms with E-state index in [1.807, 2.05) is 24.3 Å². The highest BCUT2D eigenvalue weighted by atomic mass is 32.1. The van der Waals surface area contributed by atoms with Crippen LogP contribution in [0, 0.1) is 0 Å². The van der Waals surface area contributed by atoms with Crippen molar-refractivity contribution in [2.75, 3.05) is 0 Å². The Kier molecular flexibility index (Phi) is 5.57. The van der Waals surface area contributed by atoms with Crippen LogP contribution in [0.4, 0.5) is 0 Å². The van der Waals surface area contributed by atoms with Crippen molar-refractivity contribution in [3.8, 4) is 27.9 Å². The standard InChI is InChI=1S/C36H24BNO2S/c39-37(40)32-22-27(38-33-15-6-4-13-28(33)29-14-5-7-16-34(29)38)21-31-30-18-17-26(20-35(30)41-36(31)32)25-12-8-11-24(19-25)23-9-2-1-3-10-23/h1-22,39-40H. The molecule has 0 aliphatic heterocycles. The lowest BCUT2D eigenvalue weighted by atomic mass is 9.79. The summed E-state index contributed by atoms with van der Waals surface area (Å²) in [6, 6.07) is 46.4. The van der Waals surface area contributed by atoms with Gasteiger partial charge in [0.15, 0.2) is 0 Å². The van der Waals surface area contributed by atoms with Crippen molar-refractivity contribution in [2.24, 2.45) is 0 Å². The quantitative estimate of drug-likeness (QED) is 0.219. The Balaban J connectivity index is 1.33. The van der Waals surface area contributed by atoms with E-state index in [0.717, 1.165) is 48.0 Å². The smallest absolute Gasteiger partial charge is 0.423 e. The molecule has 5 heteroatoms. The number of hydrogen-bond acceptors (Lipinski definition) is 3. The van der Waals surface area contributed by atoms with Crippen molar-refractivity contribution in [2.45, 2.75) is 0 Å².